The van der Waals surface area contributed by atoms with Crippen molar-refractivity contribution in [3.8, 4) is 39.1 Å². The van der Waals surface area contributed by atoms with E-state index in [1.165, 1.54) is 10.8 Å². The summed E-state index contributed by atoms with van der Waals surface area (Å²) in [6.45, 7) is 0. The first-order valence-electron chi connectivity index (χ1n) is 26.5. The van der Waals surface area contributed by atoms with Gasteiger partial charge in [0.25, 0.3) is 0 Å². The van der Waals surface area contributed by atoms with E-state index in [1.54, 1.807) is 0 Å². The SMILES string of the molecule is c1ccc(-c2ccc(N(c3cccc(N(c4ccc5c(c4)-c4ccc6c(oc7ccccc76)c4-c4cccc6c7ccccc7n-5c46)c4cccc5c4oc4ccccc45)c3)c3cccc4c3oc3ccccc34)cc2)cc1. The summed E-state index contributed by atoms with van der Waals surface area (Å²) in [6.07, 6.45) is 0. The van der Waals surface area contributed by atoms with E-state index in [-0.39, 0.29) is 0 Å². The summed E-state index contributed by atoms with van der Waals surface area (Å²) in [6, 6.07) is 93.2. The number of hydrogen-bond acceptors (Lipinski definition) is 5. The molecular formula is C72H43N3O3. The van der Waals surface area contributed by atoms with Crippen molar-refractivity contribution >= 4 is 122 Å². The quantitative estimate of drug-likeness (QED) is 0.159. The van der Waals surface area contributed by atoms with Gasteiger partial charge in [-0.2, -0.15) is 0 Å². The second kappa shape index (κ2) is 16.5. The molecule has 0 N–H and O–H groups in total. The topological polar surface area (TPSA) is 50.8 Å². The fourth-order valence-corrected chi connectivity index (χ4v) is 12.7. The van der Waals surface area contributed by atoms with Crippen LogP contribution in [0, 0.1) is 0 Å². The molecule has 17 rings (SSSR count). The first-order valence-corrected chi connectivity index (χ1v) is 26.5. The number of rotatable bonds is 7. The number of furan rings is 3. The Morgan fingerprint density at radius 3 is 1.44 bits per heavy atom. The zero-order valence-electron chi connectivity index (χ0n) is 41.9. The smallest absolute Gasteiger partial charge is 0.159 e. The van der Waals surface area contributed by atoms with Crippen LogP contribution >= 0.6 is 0 Å². The van der Waals surface area contributed by atoms with Gasteiger partial charge >= 0.3 is 0 Å². The molecule has 364 valence electrons. The normalized spacial score (nSPS) is 12.1. The highest BCUT2D eigenvalue weighted by atomic mass is 16.3. The lowest BCUT2D eigenvalue weighted by molar-refractivity contribution is 0.669. The largest absolute Gasteiger partial charge is 0.455 e. The third-order valence-electron chi connectivity index (χ3n) is 16.1. The fourth-order valence-electron chi connectivity index (χ4n) is 12.7. The summed E-state index contributed by atoms with van der Waals surface area (Å²) < 4.78 is 23.2. The van der Waals surface area contributed by atoms with Gasteiger partial charge in [0.05, 0.1) is 28.1 Å². The number of para-hydroxylation sites is 7. The van der Waals surface area contributed by atoms with Gasteiger partial charge in [-0.15, -0.1) is 0 Å². The first-order chi connectivity index (χ1) is 38.7. The molecule has 0 amide bonds. The predicted octanol–water partition coefficient (Wildman–Crippen LogP) is 20.7. The molecule has 0 saturated heterocycles. The molecule has 6 nitrogen and oxygen atoms in total. The molecule has 0 atom stereocenters. The Kier molecular flexibility index (Phi) is 9.03. The van der Waals surface area contributed by atoms with Gasteiger partial charge in [-0.05, 0) is 108 Å². The highest BCUT2D eigenvalue weighted by Gasteiger charge is 2.30. The Hall–Kier alpha value is -10.6. The van der Waals surface area contributed by atoms with Gasteiger partial charge in [0, 0.05) is 82.5 Å². The average Bonchev–Trinajstić information content (AvgIpc) is 4.40. The molecule has 0 radical (unpaired) electrons. The van der Waals surface area contributed by atoms with Crippen molar-refractivity contribution in [1.29, 1.82) is 0 Å². The lowest BCUT2D eigenvalue weighted by Crippen LogP contribution is -2.14. The maximum absolute atomic E-state index is 6.97. The number of benzene rings is 12. The number of fused-ring (bicyclic) bond motifs is 18. The standard InChI is InChI=1S/C72H43N3O3/c1-2-16-44(17-3-1)45-34-36-46(37-35-45)73(63-29-14-25-56-51-21-5-9-31-65(51)76-70(56)63)47-18-12-19-48(42-47)74(64-30-15-26-57-52-22-6-10-32-66(52)77-71(57)64)49-38-41-62-60(43-49)54-39-40-58-53-23-7-11-33-67(53)78-72(58)68(54)59-27-13-24-55-50-20-4-8-28-61(50)75(62)69(55)59/h1-43H. The van der Waals surface area contributed by atoms with Crippen molar-refractivity contribution in [3.05, 3.63) is 261 Å². The lowest BCUT2D eigenvalue weighted by atomic mass is 9.91. The first kappa shape index (κ1) is 42.8. The van der Waals surface area contributed by atoms with Gasteiger partial charge < -0.3 is 27.6 Å². The van der Waals surface area contributed by atoms with E-state index in [0.717, 1.165) is 150 Å². The summed E-state index contributed by atoms with van der Waals surface area (Å²) >= 11 is 0. The van der Waals surface area contributed by atoms with Crippen LogP contribution in [-0.4, -0.2) is 4.57 Å². The third kappa shape index (κ3) is 6.19. The van der Waals surface area contributed by atoms with Crippen LogP contribution in [0.3, 0.4) is 0 Å². The van der Waals surface area contributed by atoms with Gasteiger partial charge in [0.1, 0.15) is 22.3 Å². The van der Waals surface area contributed by atoms with Crippen LogP contribution in [0.5, 0.6) is 0 Å². The van der Waals surface area contributed by atoms with Crippen molar-refractivity contribution in [2.24, 2.45) is 0 Å². The van der Waals surface area contributed by atoms with Crippen molar-refractivity contribution in [2.75, 3.05) is 9.80 Å². The van der Waals surface area contributed by atoms with Crippen LogP contribution in [0.15, 0.2) is 274 Å². The molecule has 0 bridgehead atoms. The zero-order valence-corrected chi connectivity index (χ0v) is 41.9. The maximum Gasteiger partial charge on any atom is 0.159 e. The van der Waals surface area contributed by atoms with Crippen LogP contribution in [0.2, 0.25) is 0 Å². The summed E-state index contributed by atoms with van der Waals surface area (Å²) in [5.74, 6) is 0. The Bertz CT molecular complexity index is 5120. The van der Waals surface area contributed by atoms with Crippen molar-refractivity contribution < 1.29 is 13.3 Å². The van der Waals surface area contributed by atoms with Gasteiger partial charge in [0.2, 0.25) is 0 Å². The molecular weight excluding hydrogens is 955 g/mol. The van der Waals surface area contributed by atoms with Crippen molar-refractivity contribution in [3.63, 3.8) is 0 Å². The summed E-state index contributed by atoms with van der Waals surface area (Å²) in [4.78, 5) is 4.70. The second-order valence-electron chi connectivity index (χ2n) is 20.3. The number of anilines is 6. The molecule has 6 heteroatoms. The molecule has 0 fully saturated rings. The molecule has 0 aliphatic carbocycles. The van der Waals surface area contributed by atoms with E-state index in [1.807, 2.05) is 18.2 Å². The fraction of sp³-hybridized carbons (Fsp3) is 0. The molecule has 0 unspecified atom stereocenters. The van der Waals surface area contributed by atoms with Gasteiger partial charge in [-0.3, -0.25) is 0 Å². The van der Waals surface area contributed by atoms with Crippen LogP contribution in [0.4, 0.5) is 34.1 Å². The van der Waals surface area contributed by atoms with Crippen LogP contribution < -0.4 is 9.80 Å². The average molecular weight is 998 g/mol. The van der Waals surface area contributed by atoms with Crippen LogP contribution in [0.1, 0.15) is 0 Å². The van der Waals surface area contributed by atoms with Crippen molar-refractivity contribution in [2.45, 2.75) is 0 Å². The van der Waals surface area contributed by atoms with E-state index in [9.17, 15) is 0 Å². The van der Waals surface area contributed by atoms with Gasteiger partial charge in [0.15, 0.2) is 11.2 Å². The van der Waals surface area contributed by atoms with Crippen LogP contribution in [-0.2, 0) is 0 Å². The van der Waals surface area contributed by atoms with Crippen LogP contribution in [0.25, 0.3) is 127 Å². The van der Waals surface area contributed by atoms with Crippen molar-refractivity contribution in [1.82, 2.24) is 4.57 Å². The number of nitrogens with zero attached hydrogens (tertiary/aromatic N) is 3. The van der Waals surface area contributed by atoms with E-state index >= 15 is 0 Å². The van der Waals surface area contributed by atoms with E-state index in [4.69, 9.17) is 13.3 Å². The molecule has 1 aliphatic rings. The second-order valence-corrected chi connectivity index (χ2v) is 20.3. The summed E-state index contributed by atoms with van der Waals surface area (Å²) in [5.41, 5.74) is 20.9. The third-order valence-corrected chi connectivity index (χ3v) is 16.1. The monoisotopic (exact) mass is 997 g/mol. The predicted molar refractivity (Wildman–Crippen MR) is 322 cm³/mol. The van der Waals surface area contributed by atoms with Gasteiger partial charge in [-0.25, -0.2) is 0 Å². The zero-order chi connectivity index (χ0) is 51.0. The molecule has 4 aromatic heterocycles. The molecule has 0 saturated carbocycles. The minimum absolute atomic E-state index is 0.800. The summed E-state index contributed by atoms with van der Waals surface area (Å²) in [5, 5.41) is 8.85. The van der Waals surface area contributed by atoms with E-state index in [0.29, 0.717) is 0 Å². The number of hydrogen-bond donors (Lipinski definition) is 0. The Balaban J connectivity index is 0.930. The number of aromatic nitrogens is 1. The molecule has 1 aliphatic heterocycles. The molecule has 78 heavy (non-hydrogen) atoms. The molecule has 5 heterocycles. The highest BCUT2D eigenvalue weighted by Crippen LogP contribution is 2.53. The molecule has 16 aromatic rings. The Morgan fingerprint density at radius 2 is 0.769 bits per heavy atom. The lowest BCUT2D eigenvalue weighted by Gasteiger charge is -2.30. The van der Waals surface area contributed by atoms with Gasteiger partial charge in [-0.1, -0.05) is 170 Å². The van der Waals surface area contributed by atoms with E-state index < -0.39 is 0 Å². The molecule has 12 aromatic carbocycles. The minimum atomic E-state index is 0.800. The summed E-state index contributed by atoms with van der Waals surface area (Å²) in [7, 11) is 0. The maximum atomic E-state index is 6.97. The Morgan fingerprint density at radius 1 is 0.282 bits per heavy atom. The molecule has 0 spiro atoms. The highest BCUT2D eigenvalue weighted by molar-refractivity contribution is 6.22. The minimum Gasteiger partial charge on any atom is -0.455 e. The van der Waals surface area contributed by atoms with E-state index in [2.05, 4.69) is 257 Å². The Labute approximate surface area is 447 Å².